The number of hydrogen-bond acceptors (Lipinski definition) is 0. The van der Waals surface area contributed by atoms with Gasteiger partial charge in [-0.1, -0.05) is 0 Å². The summed E-state index contributed by atoms with van der Waals surface area (Å²) < 4.78 is 0. The molecule has 0 aliphatic carbocycles. The van der Waals surface area contributed by atoms with Crippen molar-refractivity contribution in [2.24, 2.45) is 0 Å². The van der Waals surface area contributed by atoms with Crippen LogP contribution in [-0.4, -0.2) is 0 Å². The smallest absolute Gasteiger partial charge is 2.00 e. The summed E-state index contributed by atoms with van der Waals surface area (Å²) in [7, 11) is 0. The Bertz CT molecular complexity index is 6.85. The van der Waals surface area contributed by atoms with Gasteiger partial charge in [0.1, 0.15) is 0 Å². The van der Waals surface area contributed by atoms with Crippen LogP contribution in [-0.2, 0) is 42.3 Å². The maximum absolute atomic E-state index is 0. The van der Waals surface area contributed by atoms with E-state index in [1.165, 1.54) is 0 Å². The van der Waals surface area contributed by atoms with Crippen LogP contribution in [0.15, 0.2) is 0 Å². The molecule has 0 aliphatic rings. The molecule has 0 fully saturated rings. The minimum Gasteiger partial charge on any atom is -2.00 e. The first-order chi connectivity index (χ1) is 0. The van der Waals surface area contributed by atoms with Crippen LogP contribution >= 0.6 is 0 Å². The Morgan fingerprint density at radius 3 is 0.600 bits per heavy atom. The van der Waals surface area contributed by atoms with Gasteiger partial charge in [-0.05, 0) is 0 Å². The van der Waals surface area contributed by atoms with Crippen LogP contribution in [0.4, 0.5) is 0 Å². The van der Waals surface area contributed by atoms with E-state index in [-0.39, 0.29) is 79.1 Å². The van der Waals surface area contributed by atoms with Gasteiger partial charge in [0.25, 0.3) is 0 Å². The third-order valence-corrected chi connectivity index (χ3v) is 0. The molecule has 0 N–H and O–H groups in total. The fourth-order valence-electron chi connectivity index (χ4n) is 0. The molecule has 0 heterocycles. The zero-order chi connectivity index (χ0) is 0. The summed E-state index contributed by atoms with van der Waals surface area (Å²) in [5.74, 6) is 0. The largest absolute Gasteiger partial charge is 3.00 e. The molecule has 3 nitrogen and oxygen atoms in total. The molecule has 0 aromatic rings. The van der Waals surface area contributed by atoms with E-state index in [1.54, 1.807) is 0 Å². The Balaban J connectivity index is 0. The fraction of sp³-hybridized carbons (Fsp3) is 0. The molecule has 0 saturated heterocycles. The Hall–Kier alpha value is 1.98. The first-order valence-electron chi connectivity index (χ1n) is 0. The third-order valence-electron chi connectivity index (χ3n) is 0. The zero-order valence-electron chi connectivity index (χ0n) is 2.06. The Morgan fingerprint density at radius 1 is 0.600 bits per heavy atom. The first kappa shape index (κ1) is 63.5. The summed E-state index contributed by atoms with van der Waals surface area (Å²) >= 11 is 0. The van der Waals surface area contributed by atoms with Gasteiger partial charge in [0.15, 0.2) is 0 Å². The average molecular weight is 268 g/mol. The van der Waals surface area contributed by atoms with Crippen molar-refractivity contribution in [3.05, 3.63) is 0 Å². The molecule has 0 aliphatic heterocycles. The molecule has 0 amide bonds. The molecule has 36 valence electrons. The van der Waals surface area contributed by atoms with Crippen LogP contribution in [0.3, 0.4) is 0 Å². The summed E-state index contributed by atoms with van der Waals surface area (Å²) in [6.07, 6.45) is 0. The van der Waals surface area contributed by atoms with Gasteiger partial charge in [0.2, 0.25) is 0 Å². The van der Waals surface area contributed by atoms with E-state index in [2.05, 4.69) is 0 Å². The van der Waals surface area contributed by atoms with Crippen LogP contribution in [0.5, 0.6) is 0 Å². The second-order valence-corrected chi connectivity index (χ2v) is 0. The minimum atomic E-state index is 0. The topological polar surface area (TPSA) is 85.5 Å². The normalized spacial score (nSPS) is 0. The molecular weight excluding hydrogens is 268 g/mol. The molecule has 5 heavy (non-hydrogen) atoms. The van der Waals surface area contributed by atoms with Gasteiger partial charge in [-0.2, -0.15) is 0 Å². The Kier molecular flexibility index (Phi) is 480. The molecule has 0 radical (unpaired) electrons. The van der Waals surface area contributed by atoms with Gasteiger partial charge in [0.05, 0.1) is 0 Å². The SMILES string of the molecule is [Lu+3].[O-2].[O-2].[O-2].[Sc+3]. The van der Waals surface area contributed by atoms with Gasteiger partial charge in [-0.25, -0.2) is 0 Å². The van der Waals surface area contributed by atoms with E-state index < -0.39 is 0 Å². The van der Waals surface area contributed by atoms with Crippen LogP contribution in [0.1, 0.15) is 0 Å². The van der Waals surface area contributed by atoms with Crippen molar-refractivity contribution in [2.45, 2.75) is 0 Å². The second-order valence-electron chi connectivity index (χ2n) is 0. The average Bonchev–Trinajstić information content (AvgIpc) is 0. The molecule has 0 unspecified atom stereocenters. The van der Waals surface area contributed by atoms with Gasteiger partial charge in [-0.3, -0.25) is 0 Å². The molecule has 0 aromatic carbocycles. The monoisotopic (exact) mass is 268 g/mol. The summed E-state index contributed by atoms with van der Waals surface area (Å²) in [5.41, 5.74) is 0. The van der Waals surface area contributed by atoms with Crippen molar-refractivity contribution >= 4 is 0 Å². The van der Waals surface area contributed by atoms with Gasteiger partial charge < -0.3 is 16.4 Å². The van der Waals surface area contributed by atoms with E-state index in [4.69, 9.17) is 0 Å². The third kappa shape index (κ3) is 24.1. The maximum atomic E-state index is 0. The van der Waals surface area contributed by atoms with Crippen LogP contribution in [0, 0.1) is 36.9 Å². The van der Waals surface area contributed by atoms with Gasteiger partial charge >= 0.3 is 62.7 Å². The Labute approximate surface area is 78.0 Å². The molecule has 0 aromatic heterocycles. The Morgan fingerprint density at radius 2 is 0.600 bits per heavy atom. The van der Waals surface area contributed by atoms with E-state index in [1.807, 2.05) is 0 Å². The zero-order valence-corrected chi connectivity index (χ0v) is 5.52. The van der Waals surface area contributed by atoms with E-state index >= 15 is 0 Å². The van der Waals surface area contributed by atoms with E-state index in [0.717, 1.165) is 0 Å². The van der Waals surface area contributed by atoms with Crippen molar-refractivity contribution in [3.63, 3.8) is 0 Å². The first-order valence-corrected chi connectivity index (χ1v) is 0. The summed E-state index contributed by atoms with van der Waals surface area (Å²) in [6, 6.07) is 0. The molecule has 0 saturated carbocycles. The minimum absolute atomic E-state index is 0. The summed E-state index contributed by atoms with van der Waals surface area (Å²) in [6.45, 7) is 0. The van der Waals surface area contributed by atoms with E-state index in [0.29, 0.717) is 0 Å². The van der Waals surface area contributed by atoms with Crippen molar-refractivity contribution < 1.29 is 79.1 Å². The molecule has 0 atom stereocenters. The van der Waals surface area contributed by atoms with Crippen LogP contribution in [0.2, 0.25) is 0 Å². The second kappa shape index (κ2) is 37.8. The number of hydrogen-bond donors (Lipinski definition) is 0. The van der Waals surface area contributed by atoms with Crippen molar-refractivity contribution in [1.29, 1.82) is 0 Å². The standard InChI is InChI=1S/Lu.3O.Sc/q+3;3*-2;+3. The van der Waals surface area contributed by atoms with Crippen LogP contribution < -0.4 is 0 Å². The van der Waals surface area contributed by atoms with Crippen molar-refractivity contribution in [3.8, 4) is 0 Å². The molecule has 5 heteroatoms. The van der Waals surface area contributed by atoms with Crippen molar-refractivity contribution in [2.75, 3.05) is 0 Å². The predicted molar refractivity (Wildman–Crippen MR) is 2.06 cm³/mol. The number of rotatable bonds is 0. The maximum Gasteiger partial charge on any atom is 3.00 e. The van der Waals surface area contributed by atoms with Crippen molar-refractivity contribution in [1.82, 2.24) is 0 Å². The van der Waals surface area contributed by atoms with Crippen LogP contribution in [0.25, 0.3) is 0 Å². The van der Waals surface area contributed by atoms with E-state index in [9.17, 15) is 0 Å². The quantitative estimate of drug-likeness (QED) is 0.574. The van der Waals surface area contributed by atoms with Gasteiger partial charge in [-0.15, -0.1) is 0 Å². The summed E-state index contributed by atoms with van der Waals surface area (Å²) in [5, 5.41) is 0. The summed E-state index contributed by atoms with van der Waals surface area (Å²) in [4.78, 5) is 0. The predicted octanol–water partition coefficient (Wildman–Crippen LogP) is -0.359. The molecule has 0 rings (SSSR count). The fourth-order valence-corrected chi connectivity index (χ4v) is 0. The van der Waals surface area contributed by atoms with Gasteiger partial charge in [0, 0.05) is 0 Å². The molecular formula is LuO3Sc. The molecule has 0 spiro atoms. The molecule has 0 bridgehead atoms.